The molecule has 140 valence electrons. The summed E-state index contributed by atoms with van der Waals surface area (Å²) in [5.41, 5.74) is 3.02. The third kappa shape index (κ3) is 3.69. The van der Waals surface area contributed by atoms with E-state index in [1.54, 1.807) is 14.2 Å². The van der Waals surface area contributed by atoms with E-state index in [4.69, 9.17) is 14.0 Å². The summed E-state index contributed by atoms with van der Waals surface area (Å²) in [5.74, 6) is 2.90. The Kier molecular flexibility index (Phi) is 5.49. The summed E-state index contributed by atoms with van der Waals surface area (Å²) in [6, 6.07) is 5.83. The molecular weight excluding hydrogens is 332 g/mol. The van der Waals surface area contributed by atoms with Gasteiger partial charge in [0.2, 0.25) is 5.91 Å². The first-order valence-electron chi connectivity index (χ1n) is 8.95. The lowest BCUT2D eigenvalue weighted by molar-refractivity contribution is -0.130. The van der Waals surface area contributed by atoms with Crippen molar-refractivity contribution in [1.82, 2.24) is 10.1 Å². The lowest BCUT2D eigenvalue weighted by Crippen LogP contribution is -2.28. The van der Waals surface area contributed by atoms with Crippen LogP contribution in [0.1, 0.15) is 41.3 Å². The molecule has 1 aliphatic heterocycles. The molecule has 6 heteroatoms. The second-order valence-electron chi connectivity index (χ2n) is 6.74. The first-order chi connectivity index (χ1) is 12.5. The van der Waals surface area contributed by atoms with Crippen molar-refractivity contribution in [1.29, 1.82) is 0 Å². The summed E-state index contributed by atoms with van der Waals surface area (Å²) in [4.78, 5) is 14.6. The van der Waals surface area contributed by atoms with Crippen molar-refractivity contribution in [3.8, 4) is 11.5 Å². The number of hydrogen-bond acceptors (Lipinski definition) is 5. The van der Waals surface area contributed by atoms with E-state index in [9.17, 15) is 4.79 Å². The molecule has 2 aromatic rings. The predicted octanol–water partition coefficient (Wildman–Crippen LogP) is 3.26. The molecular formula is C20H26N2O4. The minimum absolute atomic E-state index is 0.175. The van der Waals surface area contributed by atoms with E-state index in [0.29, 0.717) is 19.4 Å². The second kappa shape index (κ2) is 7.81. The van der Waals surface area contributed by atoms with Gasteiger partial charge in [0, 0.05) is 36.6 Å². The van der Waals surface area contributed by atoms with Gasteiger partial charge in [0.15, 0.2) is 0 Å². The minimum atomic E-state index is 0.175. The molecule has 0 bridgehead atoms. The van der Waals surface area contributed by atoms with Crippen molar-refractivity contribution in [3.05, 3.63) is 40.8 Å². The van der Waals surface area contributed by atoms with Crippen LogP contribution in [-0.2, 0) is 11.2 Å². The zero-order valence-electron chi connectivity index (χ0n) is 15.9. The molecule has 2 heterocycles. The fourth-order valence-corrected chi connectivity index (χ4v) is 3.65. The average Bonchev–Trinajstić information content (AvgIpc) is 3.27. The summed E-state index contributed by atoms with van der Waals surface area (Å²) in [5, 5.41) is 3.95. The van der Waals surface area contributed by atoms with Gasteiger partial charge in [-0.1, -0.05) is 5.16 Å². The van der Waals surface area contributed by atoms with Crippen LogP contribution < -0.4 is 9.47 Å². The summed E-state index contributed by atoms with van der Waals surface area (Å²) < 4.78 is 16.0. The number of carbonyl (C=O) groups excluding carboxylic acids is 1. The molecule has 0 saturated carbocycles. The van der Waals surface area contributed by atoms with Crippen LogP contribution in [0.2, 0.25) is 0 Å². The minimum Gasteiger partial charge on any atom is -0.497 e. The standard InChI is InChI=1S/C20H26N2O4/c1-13-17(14(2)26-21-13)6-8-20(23)22-10-9-15(12-22)18-11-16(24-3)5-7-19(18)25-4/h5,7,11,15H,6,8-10,12H2,1-4H3/t15-/m1/s1. The SMILES string of the molecule is COc1ccc(OC)c([C@@H]2CCN(C(=O)CCc3c(C)noc3C)C2)c1. The third-order valence-corrected chi connectivity index (χ3v) is 5.19. The van der Waals surface area contributed by atoms with Crippen molar-refractivity contribution in [2.75, 3.05) is 27.3 Å². The van der Waals surface area contributed by atoms with Gasteiger partial charge in [-0.15, -0.1) is 0 Å². The van der Waals surface area contributed by atoms with Crippen LogP contribution in [0.25, 0.3) is 0 Å². The highest BCUT2D eigenvalue weighted by Gasteiger charge is 2.29. The van der Waals surface area contributed by atoms with Gasteiger partial charge >= 0.3 is 0 Å². The fraction of sp³-hybridized carbons (Fsp3) is 0.500. The second-order valence-corrected chi connectivity index (χ2v) is 6.74. The van der Waals surface area contributed by atoms with Gasteiger partial charge < -0.3 is 18.9 Å². The Labute approximate surface area is 154 Å². The molecule has 6 nitrogen and oxygen atoms in total. The number of amides is 1. The smallest absolute Gasteiger partial charge is 0.222 e. The number of hydrogen-bond donors (Lipinski definition) is 0. The van der Waals surface area contributed by atoms with Crippen LogP contribution in [0.15, 0.2) is 22.7 Å². The molecule has 0 unspecified atom stereocenters. The van der Waals surface area contributed by atoms with Gasteiger partial charge in [0.1, 0.15) is 17.3 Å². The molecule has 1 aliphatic rings. The van der Waals surface area contributed by atoms with Gasteiger partial charge in [-0.25, -0.2) is 0 Å². The lowest BCUT2D eigenvalue weighted by Gasteiger charge is -2.18. The molecule has 1 atom stereocenters. The number of likely N-dealkylation sites (tertiary alicyclic amines) is 1. The van der Waals surface area contributed by atoms with E-state index in [2.05, 4.69) is 5.16 Å². The van der Waals surface area contributed by atoms with E-state index in [-0.39, 0.29) is 11.8 Å². The normalized spacial score (nSPS) is 16.8. The van der Waals surface area contributed by atoms with Gasteiger partial charge in [-0.05, 0) is 44.9 Å². The van der Waals surface area contributed by atoms with Crippen LogP contribution in [0, 0.1) is 13.8 Å². The number of benzene rings is 1. The van der Waals surface area contributed by atoms with Gasteiger partial charge in [-0.3, -0.25) is 4.79 Å². The number of aromatic nitrogens is 1. The third-order valence-electron chi connectivity index (χ3n) is 5.19. The molecule has 1 aromatic heterocycles. The van der Waals surface area contributed by atoms with Crippen LogP contribution >= 0.6 is 0 Å². The number of methoxy groups -OCH3 is 2. The molecule has 0 N–H and O–H groups in total. The number of rotatable bonds is 6. The first kappa shape index (κ1) is 18.3. The van der Waals surface area contributed by atoms with Crippen molar-refractivity contribution in [2.45, 2.75) is 39.0 Å². The van der Waals surface area contributed by atoms with E-state index in [0.717, 1.165) is 47.0 Å². The molecule has 26 heavy (non-hydrogen) atoms. The number of ether oxygens (including phenoxy) is 2. The Morgan fingerprint density at radius 3 is 2.77 bits per heavy atom. The molecule has 0 spiro atoms. The zero-order chi connectivity index (χ0) is 18.7. The Balaban J connectivity index is 1.64. The maximum absolute atomic E-state index is 12.6. The first-order valence-corrected chi connectivity index (χ1v) is 8.95. The largest absolute Gasteiger partial charge is 0.497 e. The van der Waals surface area contributed by atoms with Crippen molar-refractivity contribution >= 4 is 5.91 Å². The van der Waals surface area contributed by atoms with E-state index < -0.39 is 0 Å². The Morgan fingerprint density at radius 1 is 1.31 bits per heavy atom. The monoisotopic (exact) mass is 358 g/mol. The molecule has 1 aromatic carbocycles. The van der Waals surface area contributed by atoms with Gasteiger partial charge in [-0.2, -0.15) is 0 Å². The predicted molar refractivity (Wildman–Crippen MR) is 97.8 cm³/mol. The quantitative estimate of drug-likeness (QED) is 0.793. The molecule has 1 saturated heterocycles. The Bertz CT molecular complexity index is 765. The summed E-state index contributed by atoms with van der Waals surface area (Å²) >= 11 is 0. The van der Waals surface area contributed by atoms with Crippen LogP contribution in [-0.4, -0.2) is 43.3 Å². The van der Waals surface area contributed by atoms with Crippen molar-refractivity contribution in [3.63, 3.8) is 0 Å². The highest BCUT2D eigenvalue weighted by molar-refractivity contribution is 5.77. The Hall–Kier alpha value is -2.50. The highest BCUT2D eigenvalue weighted by atomic mass is 16.5. The summed E-state index contributed by atoms with van der Waals surface area (Å²) in [6.07, 6.45) is 2.08. The van der Waals surface area contributed by atoms with E-state index in [1.807, 2.05) is 36.9 Å². The molecule has 0 aliphatic carbocycles. The molecule has 0 radical (unpaired) electrons. The van der Waals surface area contributed by atoms with Crippen LogP contribution in [0.5, 0.6) is 11.5 Å². The van der Waals surface area contributed by atoms with E-state index >= 15 is 0 Å². The van der Waals surface area contributed by atoms with Crippen LogP contribution in [0.4, 0.5) is 0 Å². The van der Waals surface area contributed by atoms with E-state index in [1.165, 1.54) is 0 Å². The van der Waals surface area contributed by atoms with Crippen molar-refractivity contribution < 1.29 is 18.8 Å². The number of nitrogens with zero attached hydrogens (tertiary/aromatic N) is 2. The molecule has 3 rings (SSSR count). The highest BCUT2D eigenvalue weighted by Crippen LogP contribution is 2.36. The number of aryl methyl sites for hydroxylation is 2. The summed E-state index contributed by atoms with van der Waals surface area (Å²) in [6.45, 7) is 5.29. The van der Waals surface area contributed by atoms with Gasteiger partial charge in [0.25, 0.3) is 0 Å². The maximum Gasteiger partial charge on any atom is 0.222 e. The maximum atomic E-state index is 12.6. The lowest BCUT2D eigenvalue weighted by atomic mass is 9.97. The topological polar surface area (TPSA) is 64.8 Å². The molecule has 1 fully saturated rings. The zero-order valence-corrected chi connectivity index (χ0v) is 15.9. The summed E-state index contributed by atoms with van der Waals surface area (Å²) in [7, 11) is 3.33. The van der Waals surface area contributed by atoms with Crippen molar-refractivity contribution in [2.24, 2.45) is 0 Å². The van der Waals surface area contributed by atoms with Crippen LogP contribution in [0.3, 0.4) is 0 Å². The Morgan fingerprint density at radius 2 is 2.12 bits per heavy atom. The number of carbonyl (C=O) groups is 1. The van der Waals surface area contributed by atoms with Gasteiger partial charge in [0.05, 0.1) is 19.9 Å². The molecule has 1 amide bonds. The average molecular weight is 358 g/mol. The fourth-order valence-electron chi connectivity index (χ4n) is 3.65.